The second-order valence-electron chi connectivity index (χ2n) is 14.3. The highest BCUT2D eigenvalue weighted by molar-refractivity contribution is 5.89. The first-order valence-electron chi connectivity index (χ1n) is 18.6. The Bertz CT molecular complexity index is 2550. The molecule has 0 bridgehead atoms. The van der Waals surface area contributed by atoms with Crippen LogP contribution in [0, 0.1) is 11.8 Å². The molecule has 2 nitrogen and oxygen atoms in total. The van der Waals surface area contributed by atoms with E-state index < -0.39 is 0 Å². The summed E-state index contributed by atoms with van der Waals surface area (Å²) in [6.45, 7) is 4.66. The fraction of sp³-hybridized carbons (Fsp3) is 0.120. The van der Waals surface area contributed by atoms with Gasteiger partial charge < -0.3 is 9.47 Å². The Balaban J connectivity index is 1.14. The zero-order valence-corrected chi connectivity index (χ0v) is 29.8. The Kier molecular flexibility index (Phi) is 8.29. The number of hydrogen-bond acceptors (Lipinski definition) is 1. The molecule has 9 rings (SSSR count). The van der Waals surface area contributed by atoms with Gasteiger partial charge in [0.2, 0.25) is 0 Å². The monoisotopic (exact) mass is 670 g/mol. The Morgan fingerprint density at radius 2 is 1.10 bits per heavy atom. The molecule has 6 aromatic carbocycles. The number of benzene rings is 6. The molecule has 7 aromatic rings. The van der Waals surface area contributed by atoms with Crippen LogP contribution in [0.5, 0.6) is 0 Å². The Hall–Kier alpha value is -6.12. The van der Waals surface area contributed by atoms with Gasteiger partial charge in [0.15, 0.2) is 0 Å². The molecular weight excluding hydrogens is 629 g/mol. The Morgan fingerprint density at radius 1 is 0.558 bits per heavy atom. The average Bonchev–Trinajstić information content (AvgIpc) is 3.52. The molecule has 2 heteroatoms. The molecule has 0 radical (unpaired) electrons. The molecule has 2 unspecified atom stereocenters. The van der Waals surface area contributed by atoms with E-state index in [1.165, 1.54) is 77.6 Å². The van der Waals surface area contributed by atoms with Crippen LogP contribution in [0.2, 0.25) is 0 Å². The van der Waals surface area contributed by atoms with E-state index in [2.05, 4.69) is 205 Å². The van der Waals surface area contributed by atoms with E-state index in [-0.39, 0.29) is 0 Å². The summed E-state index contributed by atoms with van der Waals surface area (Å²) in [5.41, 5.74) is 13.4. The van der Waals surface area contributed by atoms with Crippen LogP contribution >= 0.6 is 0 Å². The molecule has 252 valence electrons. The topological polar surface area (TPSA) is 8.17 Å². The third-order valence-electron chi connectivity index (χ3n) is 10.8. The summed E-state index contributed by atoms with van der Waals surface area (Å²) in [5, 5.41) is 3.93. The molecule has 2 aliphatic rings. The smallest absolute Gasteiger partial charge is 0.0561 e. The van der Waals surface area contributed by atoms with Crippen LogP contribution in [0.25, 0.3) is 62.1 Å². The largest absolute Gasteiger partial charge is 0.314 e. The van der Waals surface area contributed by atoms with Crippen molar-refractivity contribution in [2.24, 2.45) is 11.8 Å². The van der Waals surface area contributed by atoms with E-state index >= 15 is 0 Å². The van der Waals surface area contributed by atoms with Crippen LogP contribution in [0.15, 0.2) is 176 Å². The first-order chi connectivity index (χ1) is 25.6. The van der Waals surface area contributed by atoms with Crippen molar-refractivity contribution in [1.82, 2.24) is 4.57 Å². The molecule has 2 atom stereocenters. The lowest BCUT2D eigenvalue weighted by molar-refractivity contribution is 0.670. The molecular formula is C50H42N2. The average molecular weight is 671 g/mol. The van der Waals surface area contributed by atoms with Crippen molar-refractivity contribution in [2.75, 3.05) is 4.90 Å². The van der Waals surface area contributed by atoms with Gasteiger partial charge in [0, 0.05) is 39.3 Å². The van der Waals surface area contributed by atoms with Crippen molar-refractivity contribution in [3.8, 4) is 39.1 Å². The summed E-state index contributed by atoms with van der Waals surface area (Å²) < 4.78 is 2.48. The van der Waals surface area contributed by atoms with Gasteiger partial charge in [0.05, 0.1) is 10.9 Å². The van der Waals surface area contributed by atoms with E-state index in [1.54, 1.807) is 0 Å². The lowest BCUT2D eigenvalue weighted by Crippen LogP contribution is -2.31. The van der Waals surface area contributed by atoms with Crippen molar-refractivity contribution in [2.45, 2.75) is 26.7 Å². The number of nitrogens with zero attached hydrogens (tertiary/aromatic N) is 2. The quantitative estimate of drug-likeness (QED) is 0.164. The van der Waals surface area contributed by atoms with Crippen LogP contribution in [-0.4, -0.2) is 4.57 Å². The lowest BCUT2D eigenvalue weighted by Gasteiger charge is -2.32. The van der Waals surface area contributed by atoms with Crippen molar-refractivity contribution >= 4 is 34.4 Å². The summed E-state index contributed by atoms with van der Waals surface area (Å²) in [4.78, 5) is 2.47. The summed E-state index contributed by atoms with van der Waals surface area (Å²) in [6, 6.07) is 55.4. The van der Waals surface area contributed by atoms with Gasteiger partial charge >= 0.3 is 0 Å². The highest BCUT2D eigenvalue weighted by atomic mass is 15.2. The molecule has 52 heavy (non-hydrogen) atoms. The van der Waals surface area contributed by atoms with Crippen molar-refractivity contribution in [3.63, 3.8) is 0 Å². The molecule has 0 N–H and O–H groups in total. The van der Waals surface area contributed by atoms with Crippen LogP contribution in [0.4, 0.5) is 11.4 Å². The molecule has 2 aliphatic carbocycles. The van der Waals surface area contributed by atoms with Gasteiger partial charge in [0.1, 0.15) is 0 Å². The third-order valence-corrected chi connectivity index (χ3v) is 10.8. The van der Waals surface area contributed by atoms with E-state index in [0.29, 0.717) is 11.8 Å². The standard InChI is InChI=1S/C50H42N2/c1-35-17-31-46-47-32-30-45(34-50(47)52(49(46)33-35)44-28-24-41(25-29-44)38-14-7-4-8-15-38)51(48-16-10-9-11-36(48)2)43-26-22-42(23-27-43)40-20-18-39(19-21-40)37-12-5-3-6-13-37/h3-10,12-16,18-36H,11,17H2,1-2H3. The number of anilines is 2. The Labute approximate surface area is 306 Å². The van der Waals surface area contributed by atoms with E-state index in [0.717, 1.165) is 12.8 Å². The summed E-state index contributed by atoms with van der Waals surface area (Å²) in [7, 11) is 0. The van der Waals surface area contributed by atoms with Crippen molar-refractivity contribution < 1.29 is 0 Å². The number of rotatable bonds is 7. The van der Waals surface area contributed by atoms with Crippen molar-refractivity contribution in [3.05, 3.63) is 186 Å². The van der Waals surface area contributed by atoms with Crippen LogP contribution in [-0.2, 0) is 0 Å². The lowest BCUT2D eigenvalue weighted by atomic mass is 9.96. The second-order valence-corrected chi connectivity index (χ2v) is 14.3. The second kappa shape index (κ2) is 13.5. The fourth-order valence-corrected chi connectivity index (χ4v) is 7.96. The first-order valence-corrected chi connectivity index (χ1v) is 18.6. The van der Waals surface area contributed by atoms with Gasteiger partial charge in [-0.1, -0.05) is 153 Å². The third kappa shape index (κ3) is 5.91. The number of hydrogen-bond donors (Lipinski definition) is 0. The predicted octanol–water partition coefficient (Wildman–Crippen LogP) is 11.9. The summed E-state index contributed by atoms with van der Waals surface area (Å²) in [5.74, 6) is 0.877. The molecule has 1 heterocycles. The predicted molar refractivity (Wildman–Crippen MR) is 221 cm³/mol. The highest BCUT2D eigenvalue weighted by Gasteiger charge is 2.23. The van der Waals surface area contributed by atoms with E-state index in [9.17, 15) is 0 Å². The first kappa shape index (κ1) is 31.8. The number of aromatic nitrogens is 1. The minimum atomic E-state index is 0.388. The maximum absolute atomic E-state index is 2.48. The Morgan fingerprint density at radius 3 is 1.69 bits per heavy atom. The van der Waals surface area contributed by atoms with Gasteiger partial charge in [0.25, 0.3) is 0 Å². The normalized spacial score (nSPS) is 16.5. The van der Waals surface area contributed by atoms with Gasteiger partial charge in [-0.15, -0.1) is 0 Å². The SMILES string of the molecule is CC1C=c2c(c3ccc(N(C4=CC=CCC4C)c4ccc(-c5ccc(-c6ccccc6)cc5)cc4)cc3n2-c2ccc(-c3ccccc3)cc2)=CC1. The van der Waals surface area contributed by atoms with Crippen LogP contribution in [0.1, 0.15) is 26.7 Å². The minimum Gasteiger partial charge on any atom is -0.314 e. The summed E-state index contributed by atoms with van der Waals surface area (Å²) in [6.07, 6.45) is 13.8. The van der Waals surface area contributed by atoms with Gasteiger partial charge in [-0.25, -0.2) is 0 Å². The van der Waals surface area contributed by atoms with Crippen molar-refractivity contribution in [1.29, 1.82) is 0 Å². The maximum Gasteiger partial charge on any atom is 0.0561 e. The molecule has 0 amide bonds. The maximum atomic E-state index is 2.48. The molecule has 0 saturated carbocycles. The molecule has 0 aliphatic heterocycles. The van der Waals surface area contributed by atoms with Crippen LogP contribution < -0.4 is 15.5 Å². The zero-order chi connectivity index (χ0) is 35.0. The van der Waals surface area contributed by atoms with E-state index in [4.69, 9.17) is 0 Å². The van der Waals surface area contributed by atoms with E-state index in [1.807, 2.05) is 0 Å². The molecule has 0 saturated heterocycles. The number of allylic oxidation sites excluding steroid dienone is 4. The molecule has 1 aromatic heterocycles. The minimum absolute atomic E-state index is 0.388. The van der Waals surface area contributed by atoms with Gasteiger partial charge in [-0.05, 0) is 94.6 Å². The molecule has 0 spiro atoms. The summed E-state index contributed by atoms with van der Waals surface area (Å²) >= 11 is 0. The highest BCUT2D eigenvalue weighted by Crippen LogP contribution is 2.38. The molecule has 0 fully saturated rings. The fourth-order valence-electron chi connectivity index (χ4n) is 7.96. The van der Waals surface area contributed by atoms with Gasteiger partial charge in [-0.3, -0.25) is 0 Å². The zero-order valence-electron chi connectivity index (χ0n) is 29.8. The number of fused-ring (bicyclic) bond motifs is 3. The van der Waals surface area contributed by atoms with Crippen LogP contribution in [0.3, 0.4) is 0 Å². The van der Waals surface area contributed by atoms with Gasteiger partial charge in [-0.2, -0.15) is 0 Å².